The minimum Gasteiger partial charge on any atom is -0.756 e. The van der Waals surface area contributed by atoms with Crippen LogP contribution in [0.15, 0.2) is 184 Å². The van der Waals surface area contributed by atoms with Crippen LogP contribution in [0.2, 0.25) is 0 Å². The Morgan fingerprint density at radius 3 is 0.831 bits per heavy atom. The first-order chi connectivity index (χ1) is 68.7. The number of hydrogen-bond acceptors (Lipinski definition) is 42. The molecular weight excluding hydrogens is 1950 g/mol. The van der Waals surface area contributed by atoms with Crippen LogP contribution >= 0.6 is 31.3 Å². The van der Waals surface area contributed by atoms with E-state index in [0.29, 0.717) is 37.3 Å². The smallest absolute Gasteiger partial charge is 0.320 e. The molecule has 142 heavy (non-hydrogen) atoms. The minimum atomic E-state index is -5.74. The molecule has 8 aliphatic rings. The van der Waals surface area contributed by atoms with Gasteiger partial charge in [0.05, 0.1) is 51.7 Å². The number of anilines is 4. The summed E-state index contributed by atoms with van der Waals surface area (Å²) in [5.74, 6) is 0.444. The number of aromatic nitrogens is 16. The summed E-state index contributed by atoms with van der Waals surface area (Å²) < 4.78 is 164. The summed E-state index contributed by atoms with van der Waals surface area (Å²) >= 11 is 0. The summed E-state index contributed by atoms with van der Waals surface area (Å²) in [6.45, 7) is 5.28. The SMILES string of the molecule is CCNC(=O)Nc1ncnc2c1ncn2[C@@H]1O[C@H](COP(=O)([O-])OP(=O)([O-])OC[C@H]2O[C@@H](n3cnc4c(NC(=O)NCC)ncnc43)[C@H]3O[C@@H](/C=C/c4ccccc4)OC23)C2O[C@@H](/C=C/c3ccccc3)OC21.CCNC(=O)Nc1ncnc2c1ncn2[C@@H]1O[C@H](COP(=O)([O-])OP(=O)([O-])OC[C@H]2O[C@@H](n3cnc4c(NC(=O)NCC)ncnc43)[C@H]3O[C@@H](c4ccccc4)OC23)C2O[C@@H](c3ccccc3)OC21. The van der Waals surface area contributed by atoms with Gasteiger partial charge in [-0.1, -0.05) is 133 Å². The van der Waals surface area contributed by atoms with Gasteiger partial charge in [-0.3, -0.25) is 57.8 Å². The molecule has 748 valence electrons. The maximum atomic E-state index is 13.3. The van der Waals surface area contributed by atoms with Crippen LogP contribution in [-0.2, 0) is 102 Å². The fourth-order valence-electron chi connectivity index (χ4n) is 16.8. The van der Waals surface area contributed by atoms with Gasteiger partial charge in [-0.2, -0.15) is 0 Å². The highest BCUT2D eigenvalue weighted by molar-refractivity contribution is 7.60. The highest BCUT2D eigenvalue weighted by Crippen LogP contribution is 2.59. The third kappa shape index (κ3) is 21.9. The van der Waals surface area contributed by atoms with E-state index >= 15 is 0 Å². The predicted octanol–water partition coefficient (Wildman–Crippen LogP) is 6.07. The molecule has 8 aliphatic heterocycles. The van der Waals surface area contributed by atoms with Gasteiger partial charge in [0.2, 0.25) is 0 Å². The second-order valence-electron chi connectivity index (χ2n) is 32.1. The van der Waals surface area contributed by atoms with E-state index in [1.54, 1.807) is 101 Å². The number of amides is 8. The fourth-order valence-corrected chi connectivity index (χ4v) is 20.8. The number of nitrogens with zero attached hydrogens (tertiary/aromatic N) is 16. The fraction of sp³-hybridized carbons (Fsp3) is 0.381. The van der Waals surface area contributed by atoms with Gasteiger partial charge in [-0.05, 0) is 51.0 Å². The zero-order chi connectivity index (χ0) is 98.6. The van der Waals surface area contributed by atoms with Crippen molar-refractivity contribution in [2.24, 2.45) is 0 Å². The van der Waals surface area contributed by atoms with Gasteiger partial charge in [-0.15, -0.1) is 0 Å². The van der Waals surface area contributed by atoms with Gasteiger partial charge in [0.25, 0.3) is 31.3 Å². The van der Waals surface area contributed by atoms with E-state index < -0.39 is 205 Å². The van der Waals surface area contributed by atoms with Crippen molar-refractivity contribution >= 4 is 135 Å². The van der Waals surface area contributed by atoms with E-state index in [1.807, 2.05) is 72.8 Å². The van der Waals surface area contributed by atoms with Crippen LogP contribution in [0.4, 0.5) is 42.4 Å². The Balaban J connectivity index is 0.000000181. The van der Waals surface area contributed by atoms with Crippen LogP contribution in [0.25, 0.3) is 56.8 Å². The maximum Gasteiger partial charge on any atom is 0.320 e. The van der Waals surface area contributed by atoms with Crippen molar-refractivity contribution in [3.63, 3.8) is 0 Å². The summed E-state index contributed by atoms with van der Waals surface area (Å²) in [5, 5.41) is 21.0. The number of rotatable bonds is 34. The van der Waals surface area contributed by atoms with Gasteiger partial charge in [0, 0.05) is 37.3 Å². The van der Waals surface area contributed by atoms with E-state index in [0.717, 1.165) is 11.1 Å². The number of phosphoric ester groups is 4. The van der Waals surface area contributed by atoms with Gasteiger partial charge in [-0.25, -0.2) is 87.6 Å². The lowest BCUT2D eigenvalue weighted by Gasteiger charge is -2.32. The van der Waals surface area contributed by atoms with Crippen molar-refractivity contribution in [2.75, 3.05) is 73.9 Å². The molecule has 8 amide bonds. The summed E-state index contributed by atoms with van der Waals surface area (Å²) in [5.41, 5.74) is 4.79. The lowest BCUT2D eigenvalue weighted by Crippen LogP contribution is -2.33. The minimum absolute atomic E-state index is 0.109. The highest BCUT2D eigenvalue weighted by atomic mass is 31.3. The quantitative estimate of drug-likeness (QED) is 0.0212. The molecule has 10 unspecified atom stereocenters. The van der Waals surface area contributed by atoms with Crippen LogP contribution in [-0.4, -0.2) is 241 Å². The summed E-state index contributed by atoms with van der Waals surface area (Å²) in [6.07, 6.45) is -2.97. The Kier molecular flexibility index (Phi) is 29.6. The van der Waals surface area contributed by atoms with E-state index in [9.17, 15) is 57.0 Å². The average Bonchev–Trinajstić information content (AvgIpc) is 1.60. The molecule has 4 aromatic carbocycles. The number of fused-ring (bicyclic) bond motifs is 8. The number of carbonyl (C=O) groups excluding carboxylic acids is 4. The third-order valence-corrected chi connectivity index (χ3v) is 27.9. The molecule has 20 rings (SSSR count). The van der Waals surface area contributed by atoms with Gasteiger partial charge in [0.15, 0.2) is 118 Å². The molecule has 16 heterocycles. The van der Waals surface area contributed by atoms with Crippen molar-refractivity contribution in [3.8, 4) is 0 Å². The van der Waals surface area contributed by atoms with Crippen molar-refractivity contribution in [1.29, 1.82) is 0 Å². The molecule has 0 spiro atoms. The zero-order valence-electron chi connectivity index (χ0n) is 74.9. The summed E-state index contributed by atoms with van der Waals surface area (Å²) in [7, 11) is -22.9. The second kappa shape index (κ2) is 42.7. The monoisotopic (exact) mass is 2040 g/mol. The van der Waals surface area contributed by atoms with Gasteiger partial charge < -0.3 is 116 Å². The number of urea groups is 4. The van der Waals surface area contributed by atoms with Crippen LogP contribution in [0.1, 0.15) is 87.4 Å². The molecule has 0 saturated carbocycles. The second-order valence-corrected chi connectivity index (χ2v) is 38.0. The first kappa shape index (κ1) is 98.5. The van der Waals surface area contributed by atoms with E-state index in [2.05, 4.69) is 111 Å². The summed E-state index contributed by atoms with van der Waals surface area (Å²) in [4.78, 5) is 154. The molecule has 8 aromatic heterocycles. The molecule has 8 N–H and O–H groups in total. The first-order valence-corrected chi connectivity index (χ1v) is 50.1. The number of benzene rings is 4. The molecule has 58 heteroatoms. The van der Waals surface area contributed by atoms with Crippen molar-refractivity contribution < 1.29 is 141 Å². The molecule has 24 atom stereocenters. The largest absolute Gasteiger partial charge is 0.756 e. The third-order valence-electron chi connectivity index (χ3n) is 22.9. The van der Waals surface area contributed by atoms with Crippen LogP contribution in [0.5, 0.6) is 0 Å². The molecular formula is C84H88N24O30P4-4. The average molecular weight is 2040 g/mol. The van der Waals surface area contributed by atoms with Crippen molar-refractivity contribution in [1.82, 2.24) is 99.3 Å². The number of ether oxygens (including phenoxy) is 12. The lowest BCUT2D eigenvalue weighted by molar-refractivity contribution is -0.250. The Hall–Kier alpha value is -12.3. The van der Waals surface area contributed by atoms with Gasteiger partial charge >= 0.3 is 24.1 Å². The molecule has 54 nitrogen and oxygen atoms in total. The van der Waals surface area contributed by atoms with E-state index in [-0.39, 0.29) is 67.9 Å². The number of phosphoric acid groups is 4. The standard InChI is InChI=1S/C44H48N12O15P2.C40H44N12O15P2/c1-3-45-43(57)53-37-31-39(49-21-47-37)55(23-51-31)41-35-33(67-29(69-35)17-15-25-11-7-5-8-12-25)27(65-41)19-63-72(59,60)71-73(61,62)64-20-28-34-36(70-30(68-34)18-16-26-13-9-6-10-14-26)42(66-28)56-24-52-32-38(48-22-50-40(32)56)54-44(58)46-4-2;1-3-41-39(53)49-31-25-33(45-17-43-31)51(19-47-25)35-29-27(63-37(65-29)21-11-7-5-8-12-21)23(61-35)15-59-68(55,56)67-69(57,58)60-16-24-28-30(66-38(64-28)22-13-9-6-10-14-22)36(62-24)52-20-48-26-32(44-18-46-34(26)52)50-40(54)42-4-2/h5-18,21-24,27-30,33-36,41-42H,3-4,19-20H2,1-2H3,(H,59,60)(H,61,62)(H2,45,47,49,53,57)(H2,46,48,50,54,58);5-14,17-20,23-24,27-30,35-38H,3-4,15-16H2,1-2H3,(H,55,56)(H,57,58)(H2,41,43,45,49,53)(H2,42,44,46,50,54)/p-4/b17-15+,18-16+;/t27-,28-,29-,30+,33?,34?,35?,36+,41-,42-;23-,24-,27?,28?,29+,30?,35-,36-,37+,38-/m11/s1. The van der Waals surface area contributed by atoms with Crippen molar-refractivity contribution in [3.05, 3.63) is 206 Å². The van der Waals surface area contributed by atoms with E-state index in [4.69, 9.17) is 74.9 Å². The van der Waals surface area contributed by atoms with Crippen LogP contribution < -0.4 is 62.1 Å². The normalized spacial score (nSPS) is 27.6. The molecule has 0 aliphatic carbocycles. The van der Waals surface area contributed by atoms with E-state index in [1.165, 1.54) is 68.9 Å². The molecule has 0 bridgehead atoms. The Bertz CT molecular complexity index is 6420. The van der Waals surface area contributed by atoms with Crippen LogP contribution in [0, 0.1) is 0 Å². The topological polar surface area (TPSA) is 666 Å². The Morgan fingerprint density at radius 1 is 0.324 bits per heavy atom. The predicted molar refractivity (Wildman–Crippen MR) is 480 cm³/mol. The number of nitrogens with one attached hydrogen (secondary N) is 8. The lowest BCUT2D eigenvalue weighted by atomic mass is 10.1. The zero-order valence-corrected chi connectivity index (χ0v) is 78.4. The number of imidazole rings is 4. The number of carbonyl (C=O) groups is 4. The van der Waals surface area contributed by atoms with Crippen molar-refractivity contribution in [2.45, 2.75) is 151 Å². The summed E-state index contributed by atoms with van der Waals surface area (Å²) in [6, 6.07) is 34.5. The Morgan fingerprint density at radius 2 is 0.563 bits per heavy atom. The molecule has 8 saturated heterocycles. The van der Waals surface area contributed by atoms with Crippen LogP contribution in [0.3, 0.4) is 0 Å². The number of hydrogen-bond donors (Lipinski definition) is 8. The molecule has 0 radical (unpaired) electrons. The molecule has 12 aromatic rings. The molecule has 8 fully saturated rings. The Labute approximate surface area is 803 Å². The van der Waals surface area contributed by atoms with Gasteiger partial charge in [0.1, 0.15) is 98.6 Å². The highest BCUT2D eigenvalue weighted by Gasteiger charge is 2.59. The first-order valence-electron chi connectivity index (χ1n) is 44.3. The maximum absolute atomic E-state index is 13.3.